The lowest BCUT2D eigenvalue weighted by Crippen LogP contribution is -2.33. The van der Waals surface area contributed by atoms with E-state index in [9.17, 15) is 9.59 Å². The number of hydrogen-bond acceptors (Lipinski definition) is 4. The molecule has 4 atom stereocenters. The van der Waals surface area contributed by atoms with Gasteiger partial charge in [0.1, 0.15) is 0 Å². The monoisotopic (exact) mass is 256 g/mol. The van der Waals surface area contributed by atoms with Crippen LogP contribution in [0.5, 0.6) is 0 Å². The number of ether oxygens (including phenoxy) is 1. The highest BCUT2D eigenvalue weighted by Crippen LogP contribution is 2.45. The molecule has 96 valence electrons. The number of likely N-dealkylation sites (tertiary alicyclic amines) is 1. The first-order valence-corrected chi connectivity index (χ1v) is 6.33. The lowest BCUT2D eigenvalue weighted by molar-refractivity contribution is -0.143. The molecule has 0 aliphatic carbocycles. The Morgan fingerprint density at radius 2 is 1.63 bits per heavy atom. The number of carbonyl (C=O) groups is 2. The number of nitrogens with zero attached hydrogens (tertiary/aromatic N) is 2. The molecular weight excluding hydrogens is 244 g/mol. The van der Waals surface area contributed by atoms with E-state index >= 15 is 0 Å². The van der Waals surface area contributed by atoms with Crippen LogP contribution in [-0.4, -0.2) is 33.9 Å². The third-order valence-electron chi connectivity index (χ3n) is 4.09. The van der Waals surface area contributed by atoms with Crippen LogP contribution in [0.15, 0.2) is 36.7 Å². The number of imide groups is 1. The van der Waals surface area contributed by atoms with Crippen molar-refractivity contribution in [2.45, 2.75) is 18.8 Å². The van der Waals surface area contributed by atoms with Gasteiger partial charge in [-0.25, -0.2) is 0 Å². The van der Waals surface area contributed by atoms with E-state index in [1.54, 1.807) is 12.4 Å². The minimum atomic E-state index is -0.315. The Balaban J connectivity index is 1.62. The van der Waals surface area contributed by atoms with Crippen LogP contribution < -0.4 is 0 Å². The van der Waals surface area contributed by atoms with Gasteiger partial charge in [-0.1, -0.05) is 12.2 Å². The van der Waals surface area contributed by atoms with Gasteiger partial charge in [-0.15, -0.1) is 0 Å². The zero-order valence-corrected chi connectivity index (χ0v) is 10.1. The summed E-state index contributed by atoms with van der Waals surface area (Å²) >= 11 is 0. The molecule has 0 radical (unpaired) electrons. The average molecular weight is 256 g/mol. The summed E-state index contributed by atoms with van der Waals surface area (Å²) in [6, 6.07) is 3.63. The van der Waals surface area contributed by atoms with Crippen molar-refractivity contribution in [1.82, 2.24) is 9.88 Å². The summed E-state index contributed by atoms with van der Waals surface area (Å²) in [7, 11) is 0. The Kier molecular flexibility index (Phi) is 2.14. The quantitative estimate of drug-likeness (QED) is 0.572. The van der Waals surface area contributed by atoms with E-state index in [2.05, 4.69) is 4.98 Å². The van der Waals surface area contributed by atoms with Gasteiger partial charge in [0.15, 0.2) is 0 Å². The highest BCUT2D eigenvalue weighted by molar-refractivity contribution is 6.06. The summed E-state index contributed by atoms with van der Waals surface area (Å²) in [5.74, 6) is -0.846. The van der Waals surface area contributed by atoms with Crippen molar-refractivity contribution in [3.8, 4) is 0 Å². The SMILES string of the molecule is O=C1[C@@H]2[C@@H](C(=O)N1Cc1ccncc1)[C@@H]1C=C[C@@H]2O1. The van der Waals surface area contributed by atoms with Gasteiger partial charge in [0.05, 0.1) is 30.6 Å². The van der Waals surface area contributed by atoms with E-state index in [1.807, 2.05) is 24.3 Å². The lowest BCUT2D eigenvalue weighted by atomic mass is 9.85. The fraction of sp³-hybridized carbons (Fsp3) is 0.357. The van der Waals surface area contributed by atoms with E-state index in [0.29, 0.717) is 6.54 Å². The molecule has 0 aromatic carbocycles. The van der Waals surface area contributed by atoms with Crippen LogP contribution in [-0.2, 0) is 20.9 Å². The normalized spacial score (nSPS) is 35.3. The second-order valence-electron chi connectivity index (χ2n) is 5.12. The fourth-order valence-corrected chi connectivity index (χ4v) is 3.19. The Morgan fingerprint density at radius 1 is 1.05 bits per heavy atom. The molecule has 1 aromatic heterocycles. The van der Waals surface area contributed by atoms with Crippen molar-refractivity contribution in [2.24, 2.45) is 11.8 Å². The van der Waals surface area contributed by atoms with Crippen LogP contribution in [0.3, 0.4) is 0 Å². The van der Waals surface area contributed by atoms with Crippen LogP contribution in [0.2, 0.25) is 0 Å². The first-order chi connectivity index (χ1) is 9.25. The lowest BCUT2D eigenvalue weighted by Gasteiger charge is -2.17. The highest BCUT2D eigenvalue weighted by Gasteiger charge is 2.60. The van der Waals surface area contributed by atoms with Crippen LogP contribution in [0, 0.1) is 11.8 Å². The first-order valence-electron chi connectivity index (χ1n) is 6.33. The molecule has 4 rings (SSSR count). The summed E-state index contributed by atoms with van der Waals surface area (Å²) in [6.45, 7) is 0.326. The number of rotatable bonds is 2. The summed E-state index contributed by atoms with van der Waals surface area (Å²) < 4.78 is 5.59. The second kappa shape index (κ2) is 3.74. The molecule has 0 N–H and O–H groups in total. The minimum Gasteiger partial charge on any atom is -0.365 e. The van der Waals surface area contributed by atoms with Crippen LogP contribution in [0.25, 0.3) is 0 Å². The molecule has 5 nitrogen and oxygen atoms in total. The van der Waals surface area contributed by atoms with Gasteiger partial charge in [-0.3, -0.25) is 19.5 Å². The molecule has 2 saturated heterocycles. The Bertz CT molecular complexity index is 554. The zero-order valence-electron chi connectivity index (χ0n) is 10.1. The molecule has 2 fully saturated rings. The highest BCUT2D eigenvalue weighted by atomic mass is 16.5. The number of hydrogen-bond donors (Lipinski definition) is 0. The fourth-order valence-electron chi connectivity index (χ4n) is 3.19. The van der Waals surface area contributed by atoms with Crippen molar-refractivity contribution in [3.05, 3.63) is 42.2 Å². The maximum atomic E-state index is 12.4. The topological polar surface area (TPSA) is 59.5 Å². The van der Waals surface area contributed by atoms with Gasteiger partial charge in [0.25, 0.3) is 0 Å². The Labute approximate surface area is 109 Å². The van der Waals surface area contributed by atoms with Gasteiger partial charge in [0.2, 0.25) is 11.8 Å². The zero-order chi connectivity index (χ0) is 13.0. The van der Waals surface area contributed by atoms with Crippen molar-refractivity contribution in [1.29, 1.82) is 0 Å². The maximum absolute atomic E-state index is 12.4. The standard InChI is InChI=1S/C14H12N2O3/c17-13-11-9-1-2-10(19-9)12(11)14(18)16(13)7-8-3-5-15-6-4-8/h1-6,9-12H,7H2/t9-,10-,11-,12-/m0/s1. The molecule has 2 bridgehead atoms. The largest absolute Gasteiger partial charge is 0.365 e. The Hall–Kier alpha value is -2.01. The van der Waals surface area contributed by atoms with Crippen LogP contribution in [0.1, 0.15) is 5.56 Å². The summed E-state index contributed by atoms with van der Waals surface area (Å²) in [5, 5.41) is 0. The number of pyridine rings is 1. The summed E-state index contributed by atoms with van der Waals surface area (Å²) in [4.78, 5) is 30.0. The van der Waals surface area contributed by atoms with Gasteiger partial charge in [0, 0.05) is 12.4 Å². The number of amides is 2. The van der Waals surface area contributed by atoms with Crippen molar-refractivity contribution < 1.29 is 14.3 Å². The van der Waals surface area contributed by atoms with Crippen molar-refractivity contribution >= 4 is 11.8 Å². The average Bonchev–Trinajstić information content (AvgIpc) is 3.10. The molecule has 0 saturated carbocycles. The van der Waals surface area contributed by atoms with Crippen LogP contribution >= 0.6 is 0 Å². The second-order valence-corrected chi connectivity index (χ2v) is 5.12. The van der Waals surface area contributed by atoms with E-state index in [-0.39, 0.29) is 35.9 Å². The summed E-state index contributed by atoms with van der Waals surface area (Å²) in [5.41, 5.74) is 0.915. The van der Waals surface area contributed by atoms with E-state index in [0.717, 1.165) is 5.56 Å². The maximum Gasteiger partial charge on any atom is 0.236 e. The summed E-state index contributed by atoms with van der Waals surface area (Å²) in [6.07, 6.45) is 6.69. The Morgan fingerprint density at radius 3 is 2.21 bits per heavy atom. The first kappa shape index (κ1) is 10.9. The minimum absolute atomic E-state index is 0.108. The van der Waals surface area contributed by atoms with E-state index < -0.39 is 0 Å². The van der Waals surface area contributed by atoms with E-state index in [1.165, 1.54) is 4.90 Å². The molecule has 3 aliphatic rings. The number of aromatic nitrogens is 1. The van der Waals surface area contributed by atoms with E-state index in [4.69, 9.17) is 4.74 Å². The third kappa shape index (κ3) is 1.42. The molecule has 19 heavy (non-hydrogen) atoms. The third-order valence-corrected chi connectivity index (χ3v) is 4.09. The van der Waals surface area contributed by atoms with Crippen LogP contribution in [0.4, 0.5) is 0 Å². The molecule has 5 heteroatoms. The van der Waals surface area contributed by atoms with Gasteiger partial charge < -0.3 is 4.74 Å². The molecule has 0 spiro atoms. The number of carbonyl (C=O) groups excluding carboxylic acids is 2. The molecule has 1 aromatic rings. The smallest absolute Gasteiger partial charge is 0.236 e. The van der Waals surface area contributed by atoms with Crippen molar-refractivity contribution in [2.75, 3.05) is 0 Å². The molecule has 4 heterocycles. The van der Waals surface area contributed by atoms with Crippen molar-refractivity contribution in [3.63, 3.8) is 0 Å². The van der Waals surface area contributed by atoms with Gasteiger partial charge >= 0.3 is 0 Å². The molecular formula is C14H12N2O3. The van der Waals surface area contributed by atoms with Gasteiger partial charge in [-0.05, 0) is 17.7 Å². The molecule has 3 aliphatic heterocycles. The molecule has 0 unspecified atom stereocenters. The van der Waals surface area contributed by atoms with Gasteiger partial charge in [-0.2, -0.15) is 0 Å². The predicted octanol–water partition coefficient (Wildman–Crippen LogP) is 0.520. The number of fused-ring (bicyclic) bond motifs is 5. The molecule has 2 amide bonds. The predicted molar refractivity (Wildman–Crippen MR) is 64.6 cm³/mol.